The average Bonchev–Trinajstić information content (AvgIpc) is 3.43. The largest absolute Gasteiger partial charge is 0.378 e. The van der Waals surface area contributed by atoms with Crippen LogP contribution in [0.3, 0.4) is 0 Å². The number of hydrogen-bond acceptors (Lipinski definition) is 7. The number of nitrogens with zero attached hydrogens (tertiary/aromatic N) is 6. The van der Waals surface area contributed by atoms with Crippen molar-refractivity contribution in [3.8, 4) is 22.5 Å². The molecule has 0 bridgehead atoms. The summed E-state index contributed by atoms with van der Waals surface area (Å²) in [5.41, 5.74) is 5.18. The van der Waals surface area contributed by atoms with Gasteiger partial charge in [-0.1, -0.05) is 42.5 Å². The van der Waals surface area contributed by atoms with Crippen molar-refractivity contribution in [1.82, 2.24) is 24.3 Å². The van der Waals surface area contributed by atoms with Crippen LogP contribution in [0.2, 0.25) is 0 Å². The van der Waals surface area contributed by atoms with Crippen molar-refractivity contribution < 1.29 is 9.53 Å². The smallest absolute Gasteiger partial charge is 0.274 e. The molecule has 6 rings (SSSR count). The Morgan fingerprint density at radius 3 is 2.47 bits per heavy atom. The normalized spacial score (nSPS) is 13.6. The fraction of sp³-hybridized carbons (Fsp3) is 0.148. The van der Waals surface area contributed by atoms with E-state index >= 15 is 0 Å². The number of carbonyl (C=O) groups is 1. The van der Waals surface area contributed by atoms with Gasteiger partial charge >= 0.3 is 0 Å². The minimum Gasteiger partial charge on any atom is -0.378 e. The number of morpholine rings is 1. The van der Waals surface area contributed by atoms with Gasteiger partial charge in [-0.05, 0) is 18.2 Å². The van der Waals surface area contributed by atoms with E-state index < -0.39 is 0 Å². The number of carbonyl (C=O) groups excluding carboxylic acids is 1. The first-order chi connectivity index (χ1) is 17.7. The SMILES string of the molecule is O=C(Nc1ccc(-c2cn3ccnc3c(N3CCOCC3)n2)cc1)c1cc(-c2ccccc2)ncn1. The van der Waals surface area contributed by atoms with Gasteiger partial charge in [0, 0.05) is 48.5 Å². The second-order valence-electron chi connectivity index (χ2n) is 8.39. The van der Waals surface area contributed by atoms with Crippen LogP contribution in [0.4, 0.5) is 11.5 Å². The van der Waals surface area contributed by atoms with Gasteiger partial charge < -0.3 is 19.4 Å². The van der Waals surface area contributed by atoms with Gasteiger partial charge in [0.05, 0.1) is 24.6 Å². The Hall–Kier alpha value is -4.63. The molecule has 1 fully saturated rings. The van der Waals surface area contributed by atoms with Crippen LogP contribution in [0.1, 0.15) is 10.5 Å². The summed E-state index contributed by atoms with van der Waals surface area (Å²) < 4.78 is 7.48. The molecule has 0 spiro atoms. The maximum absolute atomic E-state index is 12.8. The zero-order valence-electron chi connectivity index (χ0n) is 19.4. The Labute approximate surface area is 207 Å². The van der Waals surface area contributed by atoms with E-state index in [-0.39, 0.29) is 5.91 Å². The van der Waals surface area contributed by atoms with Gasteiger partial charge in [0.2, 0.25) is 0 Å². The number of fused-ring (bicyclic) bond motifs is 1. The van der Waals surface area contributed by atoms with Gasteiger partial charge in [-0.15, -0.1) is 0 Å². The van der Waals surface area contributed by atoms with Gasteiger partial charge in [-0.2, -0.15) is 0 Å². The molecule has 1 saturated heterocycles. The van der Waals surface area contributed by atoms with Gasteiger partial charge in [-0.25, -0.2) is 19.9 Å². The lowest BCUT2D eigenvalue weighted by atomic mass is 10.1. The number of nitrogens with one attached hydrogen (secondary N) is 1. The van der Waals surface area contributed by atoms with Crippen LogP contribution < -0.4 is 10.2 Å². The number of amides is 1. The lowest BCUT2D eigenvalue weighted by Crippen LogP contribution is -2.37. The van der Waals surface area contributed by atoms with Crippen LogP contribution in [0, 0.1) is 0 Å². The first-order valence-electron chi connectivity index (χ1n) is 11.7. The van der Waals surface area contributed by atoms with Crippen molar-refractivity contribution in [2.75, 3.05) is 36.5 Å². The Kier molecular flexibility index (Phi) is 5.80. The quantitative estimate of drug-likeness (QED) is 0.409. The number of hydrogen-bond donors (Lipinski definition) is 1. The number of rotatable bonds is 5. The summed E-state index contributed by atoms with van der Waals surface area (Å²) in [7, 11) is 0. The summed E-state index contributed by atoms with van der Waals surface area (Å²) in [6.07, 6.45) is 7.07. The van der Waals surface area contributed by atoms with Crippen molar-refractivity contribution in [1.29, 1.82) is 0 Å². The average molecular weight is 478 g/mol. The van der Waals surface area contributed by atoms with Crippen molar-refractivity contribution >= 4 is 23.1 Å². The Bertz CT molecular complexity index is 1510. The molecule has 36 heavy (non-hydrogen) atoms. The molecule has 9 nitrogen and oxygen atoms in total. The predicted molar refractivity (Wildman–Crippen MR) is 137 cm³/mol. The molecule has 2 aromatic carbocycles. The van der Waals surface area contributed by atoms with E-state index in [2.05, 4.69) is 25.2 Å². The van der Waals surface area contributed by atoms with Crippen molar-refractivity contribution in [3.05, 3.63) is 91.3 Å². The minimum absolute atomic E-state index is 0.296. The Morgan fingerprint density at radius 1 is 0.889 bits per heavy atom. The number of ether oxygens (including phenoxy) is 1. The third-order valence-corrected chi connectivity index (χ3v) is 6.07. The predicted octanol–water partition coefficient (Wildman–Crippen LogP) is 3.94. The molecule has 1 amide bonds. The van der Waals surface area contributed by atoms with E-state index in [0.717, 1.165) is 41.4 Å². The first kappa shape index (κ1) is 21.9. The summed E-state index contributed by atoms with van der Waals surface area (Å²) in [5, 5.41) is 2.92. The van der Waals surface area contributed by atoms with E-state index in [1.165, 1.54) is 6.33 Å². The third kappa shape index (κ3) is 4.39. The highest BCUT2D eigenvalue weighted by Crippen LogP contribution is 2.26. The highest BCUT2D eigenvalue weighted by molar-refractivity contribution is 6.03. The van der Waals surface area contributed by atoms with Crippen LogP contribution >= 0.6 is 0 Å². The van der Waals surface area contributed by atoms with Crippen molar-refractivity contribution in [3.63, 3.8) is 0 Å². The highest BCUT2D eigenvalue weighted by Gasteiger charge is 2.18. The molecule has 0 atom stereocenters. The summed E-state index contributed by atoms with van der Waals surface area (Å²) in [6.45, 7) is 2.90. The maximum Gasteiger partial charge on any atom is 0.274 e. The molecule has 5 aromatic rings. The van der Waals surface area contributed by atoms with Crippen LogP contribution in [0.15, 0.2) is 85.6 Å². The van der Waals surface area contributed by atoms with Crippen LogP contribution in [0.25, 0.3) is 28.2 Å². The summed E-state index contributed by atoms with van der Waals surface area (Å²) in [5.74, 6) is 0.547. The van der Waals surface area contributed by atoms with Crippen molar-refractivity contribution in [2.24, 2.45) is 0 Å². The van der Waals surface area contributed by atoms with E-state index in [1.807, 2.05) is 71.4 Å². The number of aromatic nitrogens is 5. The Morgan fingerprint density at radius 2 is 1.67 bits per heavy atom. The molecule has 1 aliphatic rings. The zero-order valence-corrected chi connectivity index (χ0v) is 19.4. The lowest BCUT2D eigenvalue weighted by Gasteiger charge is -2.28. The highest BCUT2D eigenvalue weighted by atomic mass is 16.5. The van der Waals surface area contributed by atoms with Gasteiger partial charge in [0.25, 0.3) is 5.91 Å². The lowest BCUT2D eigenvalue weighted by molar-refractivity contribution is 0.102. The van der Waals surface area contributed by atoms with E-state index in [0.29, 0.717) is 30.3 Å². The van der Waals surface area contributed by atoms with E-state index in [1.54, 1.807) is 12.3 Å². The summed E-state index contributed by atoms with van der Waals surface area (Å²) in [4.78, 5) is 32.9. The summed E-state index contributed by atoms with van der Waals surface area (Å²) >= 11 is 0. The molecule has 1 aliphatic heterocycles. The number of anilines is 2. The molecule has 0 saturated carbocycles. The van der Waals surface area contributed by atoms with Crippen LogP contribution in [-0.4, -0.2) is 56.5 Å². The summed E-state index contributed by atoms with van der Waals surface area (Å²) in [6, 6.07) is 19.0. The van der Waals surface area contributed by atoms with E-state index in [9.17, 15) is 4.79 Å². The Balaban J connectivity index is 1.23. The van der Waals surface area contributed by atoms with Crippen molar-refractivity contribution in [2.45, 2.75) is 0 Å². The van der Waals surface area contributed by atoms with Crippen LogP contribution in [-0.2, 0) is 4.74 Å². The molecular formula is C27H23N7O2. The van der Waals surface area contributed by atoms with Gasteiger partial charge in [-0.3, -0.25) is 4.79 Å². The number of imidazole rings is 1. The first-order valence-corrected chi connectivity index (χ1v) is 11.7. The molecule has 178 valence electrons. The molecule has 0 unspecified atom stereocenters. The van der Waals surface area contributed by atoms with E-state index in [4.69, 9.17) is 9.72 Å². The molecule has 4 heterocycles. The topological polar surface area (TPSA) is 97.5 Å². The molecule has 3 aromatic heterocycles. The molecule has 1 N–H and O–H groups in total. The second-order valence-corrected chi connectivity index (χ2v) is 8.39. The maximum atomic E-state index is 12.8. The standard InChI is InChI=1S/C27H23N7O2/c35-27(23-16-22(29-18-30-23)19-4-2-1-3-5-19)31-21-8-6-20(7-9-21)24-17-34-11-10-28-25(34)26(32-24)33-12-14-36-15-13-33/h1-11,16-18H,12-15H2,(H,31,35). The second kappa shape index (κ2) is 9.55. The number of benzene rings is 2. The zero-order chi connectivity index (χ0) is 24.3. The molecule has 0 aliphatic carbocycles. The fourth-order valence-corrected chi connectivity index (χ4v) is 4.21. The fourth-order valence-electron chi connectivity index (χ4n) is 4.21. The van der Waals surface area contributed by atoms with Gasteiger partial charge in [0.1, 0.15) is 12.0 Å². The third-order valence-electron chi connectivity index (χ3n) is 6.07. The molecule has 0 radical (unpaired) electrons. The van der Waals surface area contributed by atoms with Crippen LogP contribution in [0.5, 0.6) is 0 Å². The molecular weight excluding hydrogens is 454 g/mol. The minimum atomic E-state index is -0.296. The monoisotopic (exact) mass is 477 g/mol. The molecule has 9 heteroatoms. The van der Waals surface area contributed by atoms with Gasteiger partial charge in [0.15, 0.2) is 11.5 Å².